The lowest BCUT2D eigenvalue weighted by atomic mass is 10.1. The second-order valence-electron chi connectivity index (χ2n) is 8.23. The molecule has 0 bridgehead atoms. The lowest BCUT2D eigenvalue weighted by molar-refractivity contribution is -0.152. The van der Waals surface area contributed by atoms with Gasteiger partial charge in [-0.1, -0.05) is 30.3 Å². The minimum atomic E-state index is -0.963. The third-order valence-corrected chi connectivity index (χ3v) is 4.44. The third-order valence-electron chi connectivity index (χ3n) is 4.44. The van der Waals surface area contributed by atoms with E-state index in [-0.39, 0.29) is 25.6 Å². The minimum Gasteiger partial charge on any atom is -0.461 e. The van der Waals surface area contributed by atoms with Crippen LogP contribution in [0.25, 0.3) is 0 Å². The van der Waals surface area contributed by atoms with Gasteiger partial charge in [0.25, 0.3) is 0 Å². The average molecular weight is 405 g/mol. The van der Waals surface area contributed by atoms with Crippen molar-refractivity contribution in [2.75, 3.05) is 0 Å². The highest BCUT2D eigenvalue weighted by Crippen LogP contribution is 2.22. The topological polar surface area (TPSA) is 90.9 Å². The molecule has 1 fully saturated rings. The van der Waals surface area contributed by atoms with Gasteiger partial charge in [0.2, 0.25) is 0 Å². The summed E-state index contributed by atoms with van der Waals surface area (Å²) in [5, 5.41) is 2.53. The van der Waals surface area contributed by atoms with Gasteiger partial charge in [0, 0.05) is 6.42 Å². The first-order valence-corrected chi connectivity index (χ1v) is 10.1. The minimum absolute atomic E-state index is 0.0208. The van der Waals surface area contributed by atoms with E-state index < -0.39 is 29.7 Å². The van der Waals surface area contributed by atoms with Crippen LogP contribution in [0.15, 0.2) is 30.3 Å². The highest BCUT2D eigenvalue weighted by Gasteiger charge is 2.29. The molecule has 1 amide bonds. The Morgan fingerprint density at radius 2 is 1.76 bits per heavy atom. The maximum atomic E-state index is 12.5. The van der Waals surface area contributed by atoms with Crippen LogP contribution < -0.4 is 5.32 Å². The van der Waals surface area contributed by atoms with Gasteiger partial charge in [0.05, 0.1) is 0 Å². The first kappa shape index (κ1) is 22.7. The zero-order valence-corrected chi connectivity index (χ0v) is 17.4. The maximum absolute atomic E-state index is 12.5. The number of rotatable bonds is 8. The Kier molecular flexibility index (Phi) is 8.49. The number of amides is 1. The van der Waals surface area contributed by atoms with Crippen molar-refractivity contribution in [1.29, 1.82) is 0 Å². The van der Waals surface area contributed by atoms with Crippen molar-refractivity contribution in [3.05, 3.63) is 35.9 Å². The smallest absolute Gasteiger partial charge is 0.408 e. The van der Waals surface area contributed by atoms with E-state index in [4.69, 9.17) is 14.2 Å². The molecule has 7 heteroatoms. The second kappa shape index (κ2) is 10.8. The molecule has 1 aromatic rings. The number of nitrogens with one attached hydrogen (secondary N) is 1. The van der Waals surface area contributed by atoms with Gasteiger partial charge in [-0.15, -0.1) is 0 Å². The largest absolute Gasteiger partial charge is 0.461 e. The van der Waals surface area contributed by atoms with E-state index in [9.17, 15) is 14.4 Å². The predicted molar refractivity (Wildman–Crippen MR) is 107 cm³/mol. The van der Waals surface area contributed by atoms with Crippen LogP contribution in [-0.4, -0.2) is 35.8 Å². The van der Waals surface area contributed by atoms with Crippen LogP contribution >= 0.6 is 0 Å². The Labute approximate surface area is 172 Å². The van der Waals surface area contributed by atoms with Gasteiger partial charge in [-0.05, 0) is 58.4 Å². The van der Waals surface area contributed by atoms with Crippen molar-refractivity contribution >= 4 is 18.0 Å². The number of esters is 2. The van der Waals surface area contributed by atoms with Gasteiger partial charge in [0.15, 0.2) is 0 Å². The number of hydrogen-bond acceptors (Lipinski definition) is 6. The van der Waals surface area contributed by atoms with Gasteiger partial charge >= 0.3 is 18.0 Å². The normalized spacial score (nSPS) is 15.4. The fourth-order valence-corrected chi connectivity index (χ4v) is 3.02. The van der Waals surface area contributed by atoms with Crippen molar-refractivity contribution in [1.82, 2.24) is 5.32 Å². The Morgan fingerprint density at radius 3 is 2.38 bits per heavy atom. The zero-order chi connectivity index (χ0) is 21.3. The molecule has 0 saturated heterocycles. The molecule has 7 nitrogen and oxygen atoms in total. The quantitative estimate of drug-likeness (QED) is 0.521. The summed E-state index contributed by atoms with van der Waals surface area (Å²) in [5.41, 5.74) is 0.184. The summed E-state index contributed by atoms with van der Waals surface area (Å²) in [4.78, 5) is 36.7. The fraction of sp³-hybridized carbons (Fsp3) is 0.591. The first-order chi connectivity index (χ1) is 13.7. The van der Waals surface area contributed by atoms with Crippen LogP contribution in [-0.2, 0) is 30.4 Å². The molecule has 1 aliphatic rings. The van der Waals surface area contributed by atoms with Crippen LogP contribution in [0.2, 0.25) is 0 Å². The van der Waals surface area contributed by atoms with E-state index >= 15 is 0 Å². The molecule has 1 unspecified atom stereocenters. The van der Waals surface area contributed by atoms with E-state index in [1.54, 1.807) is 20.8 Å². The van der Waals surface area contributed by atoms with Gasteiger partial charge in [-0.2, -0.15) is 0 Å². The lowest BCUT2D eigenvalue weighted by Gasteiger charge is -2.23. The third kappa shape index (κ3) is 8.98. The van der Waals surface area contributed by atoms with Crippen molar-refractivity contribution in [2.45, 2.75) is 83.6 Å². The van der Waals surface area contributed by atoms with Crippen LogP contribution in [0.4, 0.5) is 4.79 Å². The number of benzene rings is 1. The molecule has 0 radical (unpaired) electrons. The van der Waals surface area contributed by atoms with Crippen LogP contribution in [0.5, 0.6) is 0 Å². The predicted octanol–water partition coefficient (Wildman–Crippen LogP) is 3.89. The Balaban J connectivity index is 1.87. The SMILES string of the molecule is CC(C)(C)OC(=O)NC(CCC(=O)OCc1ccccc1)C(=O)OC1CCCC1. The molecule has 160 valence electrons. The molecular formula is C22H31NO6. The summed E-state index contributed by atoms with van der Waals surface area (Å²) in [6.07, 6.45) is 2.90. The maximum Gasteiger partial charge on any atom is 0.408 e. The van der Waals surface area contributed by atoms with Crippen LogP contribution in [0, 0.1) is 0 Å². The zero-order valence-electron chi connectivity index (χ0n) is 17.4. The first-order valence-electron chi connectivity index (χ1n) is 10.1. The van der Waals surface area contributed by atoms with Gasteiger partial charge < -0.3 is 19.5 Å². The summed E-state index contributed by atoms with van der Waals surface area (Å²) in [7, 11) is 0. The molecule has 1 N–H and O–H groups in total. The molecule has 0 aromatic heterocycles. The van der Waals surface area contributed by atoms with Gasteiger partial charge in [-0.3, -0.25) is 4.79 Å². The summed E-state index contributed by atoms with van der Waals surface area (Å²) < 4.78 is 16.0. The Bertz CT molecular complexity index is 676. The molecule has 1 aromatic carbocycles. The molecule has 2 rings (SSSR count). The van der Waals surface area contributed by atoms with Gasteiger partial charge in [0.1, 0.15) is 24.4 Å². The van der Waals surface area contributed by atoms with Crippen molar-refractivity contribution in [2.24, 2.45) is 0 Å². The molecule has 1 aliphatic carbocycles. The van der Waals surface area contributed by atoms with E-state index in [0.29, 0.717) is 0 Å². The number of hydrogen-bond donors (Lipinski definition) is 1. The monoisotopic (exact) mass is 405 g/mol. The Hall–Kier alpha value is -2.57. The second-order valence-corrected chi connectivity index (χ2v) is 8.23. The molecule has 0 heterocycles. The highest BCUT2D eigenvalue weighted by molar-refractivity contribution is 5.82. The van der Waals surface area contributed by atoms with Crippen molar-refractivity contribution in [3.63, 3.8) is 0 Å². The summed E-state index contributed by atoms with van der Waals surface area (Å²) in [5.74, 6) is -0.989. The highest BCUT2D eigenvalue weighted by atomic mass is 16.6. The average Bonchev–Trinajstić information content (AvgIpc) is 3.15. The van der Waals surface area contributed by atoms with Crippen LogP contribution in [0.3, 0.4) is 0 Å². The summed E-state index contributed by atoms with van der Waals surface area (Å²) in [6, 6.07) is 8.37. The Morgan fingerprint density at radius 1 is 1.10 bits per heavy atom. The van der Waals surface area contributed by atoms with E-state index in [0.717, 1.165) is 31.2 Å². The molecule has 1 saturated carbocycles. The molecule has 29 heavy (non-hydrogen) atoms. The molecular weight excluding hydrogens is 374 g/mol. The standard InChI is InChI=1S/C22H31NO6/c1-22(2,3)29-21(26)23-18(20(25)28-17-11-7-8-12-17)13-14-19(24)27-15-16-9-5-4-6-10-16/h4-6,9-10,17-18H,7-8,11-15H2,1-3H3,(H,23,26). The molecule has 0 aliphatic heterocycles. The molecule has 1 atom stereocenters. The summed E-state index contributed by atoms with van der Waals surface area (Å²) in [6.45, 7) is 5.37. The summed E-state index contributed by atoms with van der Waals surface area (Å²) >= 11 is 0. The van der Waals surface area contributed by atoms with Gasteiger partial charge in [-0.25, -0.2) is 9.59 Å². The fourth-order valence-electron chi connectivity index (χ4n) is 3.02. The molecule has 0 spiro atoms. The number of alkyl carbamates (subject to hydrolysis) is 1. The lowest BCUT2D eigenvalue weighted by Crippen LogP contribution is -2.45. The van der Waals surface area contributed by atoms with E-state index in [2.05, 4.69) is 5.32 Å². The number of carbonyl (C=O) groups excluding carboxylic acids is 3. The van der Waals surface area contributed by atoms with E-state index in [1.807, 2.05) is 30.3 Å². The van der Waals surface area contributed by atoms with E-state index in [1.165, 1.54) is 0 Å². The van der Waals surface area contributed by atoms with Crippen LogP contribution in [0.1, 0.15) is 64.9 Å². The number of carbonyl (C=O) groups is 3. The number of ether oxygens (including phenoxy) is 3. The van der Waals surface area contributed by atoms with Crippen molar-refractivity contribution in [3.8, 4) is 0 Å². The van der Waals surface area contributed by atoms with Crippen molar-refractivity contribution < 1.29 is 28.6 Å².